The van der Waals surface area contributed by atoms with Crippen LogP contribution in [0.1, 0.15) is 10.4 Å². The SMILES string of the molecule is Nc1cc(F)c(F)cc1C(=O)Cl. The van der Waals surface area contributed by atoms with Crippen molar-refractivity contribution in [2.75, 3.05) is 5.73 Å². The van der Waals surface area contributed by atoms with E-state index >= 15 is 0 Å². The van der Waals surface area contributed by atoms with Crippen LogP contribution in [0.15, 0.2) is 12.1 Å². The highest BCUT2D eigenvalue weighted by Crippen LogP contribution is 2.18. The molecule has 0 fully saturated rings. The Morgan fingerprint density at radius 2 is 1.83 bits per heavy atom. The first-order valence-corrected chi connectivity index (χ1v) is 3.34. The van der Waals surface area contributed by atoms with Gasteiger partial charge in [-0.05, 0) is 17.7 Å². The third kappa shape index (κ3) is 1.53. The van der Waals surface area contributed by atoms with E-state index in [1.807, 2.05) is 0 Å². The Morgan fingerprint density at radius 3 is 2.33 bits per heavy atom. The van der Waals surface area contributed by atoms with Crippen LogP contribution in [0, 0.1) is 11.6 Å². The van der Waals surface area contributed by atoms with Gasteiger partial charge in [-0.3, -0.25) is 4.79 Å². The average molecular weight is 192 g/mol. The van der Waals surface area contributed by atoms with Crippen LogP contribution in [0.2, 0.25) is 0 Å². The molecule has 0 aliphatic carbocycles. The minimum atomic E-state index is -1.15. The second-order valence-corrected chi connectivity index (χ2v) is 2.47. The summed E-state index contributed by atoms with van der Waals surface area (Å²) in [5, 5.41) is -0.911. The summed E-state index contributed by atoms with van der Waals surface area (Å²) < 4.78 is 24.9. The van der Waals surface area contributed by atoms with Crippen molar-refractivity contribution in [3.8, 4) is 0 Å². The molecule has 0 aromatic heterocycles. The maximum atomic E-state index is 12.5. The van der Waals surface area contributed by atoms with Gasteiger partial charge in [0.2, 0.25) is 0 Å². The van der Waals surface area contributed by atoms with Crippen molar-refractivity contribution in [2.24, 2.45) is 0 Å². The molecule has 1 aromatic rings. The van der Waals surface area contributed by atoms with Gasteiger partial charge in [0.25, 0.3) is 5.24 Å². The predicted molar refractivity (Wildman–Crippen MR) is 41.0 cm³/mol. The predicted octanol–water partition coefficient (Wildman–Crippen LogP) is 1.93. The molecule has 0 bridgehead atoms. The average Bonchev–Trinajstić information content (AvgIpc) is 1.96. The van der Waals surface area contributed by atoms with E-state index in [0.717, 1.165) is 0 Å². The maximum absolute atomic E-state index is 12.5. The highest BCUT2D eigenvalue weighted by atomic mass is 35.5. The Hall–Kier alpha value is -1.16. The first-order chi connectivity index (χ1) is 5.52. The molecule has 0 aliphatic rings. The summed E-state index contributed by atoms with van der Waals surface area (Å²) in [4.78, 5) is 10.5. The summed E-state index contributed by atoms with van der Waals surface area (Å²) in [6, 6.07) is 1.38. The molecule has 0 saturated carbocycles. The molecule has 0 unspecified atom stereocenters. The van der Waals surface area contributed by atoms with E-state index in [-0.39, 0.29) is 11.3 Å². The largest absolute Gasteiger partial charge is 0.398 e. The van der Waals surface area contributed by atoms with Crippen LogP contribution in [-0.2, 0) is 0 Å². The van der Waals surface area contributed by atoms with Gasteiger partial charge >= 0.3 is 0 Å². The second-order valence-electron chi connectivity index (χ2n) is 2.13. The van der Waals surface area contributed by atoms with Crippen LogP contribution in [0.4, 0.5) is 14.5 Å². The molecule has 5 heteroatoms. The Kier molecular flexibility index (Phi) is 2.28. The van der Waals surface area contributed by atoms with E-state index < -0.39 is 16.9 Å². The Balaban J connectivity index is 3.33. The van der Waals surface area contributed by atoms with Gasteiger partial charge in [-0.2, -0.15) is 0 Å². The maximum Gasteiger partial charge on any atom is 0.254 e. The van der Waals surface area contributed by atoms with Crippen LogP contribution < -0.4 is 5.73 Å². The molecule has 0 heterocycles. The van der Waals surface area contributed by atoms with Crippen LogP contribution in [0.25, 0.3) is 0 Å². The fraction of sp³-hybridized carbons (Fsp3) is 0. The first-order valence-electron chi connectivity index (χ1n) is 2.96. The van der Waals surface area contributed by atoms with Crippen LogP contribution >= 0.6 is 11.6 Å². The van der Waals surface area contributed by atoms with Crippen molar-refractivity contribution < 1.29 is 13.6 Å². The van der Waals surface area contributed by atoms with Gasteiger partial charge < -0.3 is 5.73 Å². The van der Waals surface area contributed by atoms with Gasteiger partial charge in [-0.25, -0.2) is 8.78 Å². The van der Waals surface area contributed by atoms with E-state index in [9.17, 15) is 13.6 Å². The molecule has 0 radical (unpaired) electrons. The number of carbonyl (C=O) groups is 1. The third-order valence-corrected chi connectivity index (χ3v) is 1.51. The van der Waals surface area contributed by atoms with E-state index in [1.165, 1.54) is 0 Å². The molecule has 2 nitrogen and oxygen atoms in total. The van der Waals surface area contributed by atoms with Gasteiger partial charge in [0.05, 0.1) is 5.56 Å². The molecular weight excluding hydrogens is 188 g/mol. The van der Waals surface area contributed by atoms with Gasteiger partial charge in [0, 0.05) is 11.8 Å². The zero-order valence-corrected chi connectivity index (χ0v) is 6.53. The Labute approximate surface area is 71.9 Å². The minimum absolute atomic E-state index is 0.172. The van der Waals surface area contributed by atoms with Crippen molar-refractivity contribution >= 4 is 22.5 Å². The van der Waals surface area contributed by atoms with Gasteiger partial charge in [0.1, 0.15) is 0 Å². The molecule has 0 spiro atoms. The zero-order valence-electron chi connectivity index (χ0n) is 5.77. The van der Waals surface area contributed by atoms with E-state index in [1.54, 1.807) is 0 Å². The number of carbonyl (C=O) groups excluding carboxylic acids is 1. The van der Waals surface area contributed by atoms with Crippen molar-refractivity contribution in [2.45, 2.75) is 0 Å². The third-order valence-electron chi connectivity index (χ3n) is 1.30. The Morgan fingerprint density at radius 1 is 1.33 bits per heavy atom. The van der Waals surface area contributed by atoms with Crippen LogP contribution in [0.3, 0.4) is 0 Å². The summed E-state index contributed by atoms with van der Waals surface area (Å²) in [7, 11) is 0. The fourth-order valence-electron chi connectivity index (χ4n) is 0.732. The highest BCUT2D eigenvalue weighted by molar-refractivity contribution is 6.68. The summed E-state index contributed by atoms with van der Waals surface area (Å²) in [5.41, 5.74) is 4.78. The number of hydrogen-bond donors (Lipinski definition) is 1. The number of nitrogen functional groups attached to an aromatic ring is 1. The summed E-state index contributed by atoms with van der Waals surface area (Å²) in [6.45, 7) is 0. The zero-order chi connectivity index (χ0) is 9.30. The topological polar surface area (TPSA) is 43.1 Å². The number of benzene rings is 1. The summed E-state index contributed by atoms with van der Waals surface area (Å²) in [6.07, 6.45) is 0. The molecule has 64 valence electrons. The van der Waals surface area contributed by atoms with E-state index in [2.05, 4.69) is 0 Å². The van der Waals surface area contributed by atoms with Crippen molar-refractivity contribution in [1.82, 2.24) is 0 Å². The van der Waals surface area contributed by atoms with Crippen LogP contribution in [-0.4, -0.2) is 5.24 Å². The number of rotatable bonds is 1. The molecule has 2 N–H and O–H groups in total. The molecule has 0 saturated heterocycles. The van der Waals surface area contributed by atoms with Gasteiger partial charge in [-0.1, -0.05) is 0 Å². The Bertz CT molecular complexity index is 340. The number of nitrogens with two attached hydrogens (primary N) is 1. The van der Waals surface area contributed by atoms with Crippen molar-refractivity contribution in [3.63, 3.8) is 0 Å². The lowest BCUT2D eigenvalue weighted by molar-refractivity contribution is 0.108. The minimum Gasteiger partial charge on any atom is -0.398 e. The molecule has 12 heavy (non-hydrogen) atoms. The molecule has 1 rings (SSSR count). The second kappa shape index (κ2) is 3.06. The first kappa shape index (κ1) is 8.93. The standard InChI is InChI=1S/C7H4ClF2NO/c8-7(12)3-1-4(9)5(10)2-6(3)11/h1-2H,11H2. The van der Waals surface area contributed by atoms with Crippen molar-refractivity contribution in [3.05, 3.63) is 29.3 Å². The van der Waals surface area contributed by atoms with Gasteiger partial charge in [0.15, 0.2) is 11.6 Å². The lowest BCUT2D eigenvalue weighted by atomic mass is 10.2. The molecule has 0 aliphatic heterocycles. The number of anilines is 1. The fourth-order valence-corrected chi connectivity index (χ4v) is 0.896. The van der Waals surface area contributed by atoms with E-state index in [4.69, 9.17) is 17.3 Å². The molecule has 0 amide bonds. The normalized spacial score (nSPS) is 9.92. The number of halogens is 3. The summed E-state index contributed by atoms with van der Waals surface area (Å²) >= 11 is 5.02. The van der Waals surface area contributed by atoms with Gasteiger partial charge in [-0.15, -0.1) is 0 Å². The smallest absolute Gasteiger partial charge is 0.254 e. The van der Waals surface area contributed by atoms with Crippen molar-refractivity contribution in [1.29, 1.82) is 0 Å². The lowest BCUT2D eigenvalue weighted by Gasteiger charge is -2.00. The van der Waals surface area contributed by atoms with Crippen LogP contribution in [0.5, 0.6) is 0 Å². The molecule has 0 atom stereocenters. The highest BCUT2D eigenvalue weighted by Gasteiger charge is 2.11. The summed E-state index contributed by atoms with van der Waals surface area (Å²) in [5.74, 6) is -2.25. The molecule has 1 aromatic carbocycles. The quantitative estimate of drug-likeness (QED) is 0.545. The lowest BCUT2D eigenvalue weighted by Crippen LogP contribution is -2.00. The monoisotopic (exact) mass is 191 g/mol. The van der Waals surface area contributed by atoms with E-state index in [0.29, 0.717) is 12.1 Å². The molecular formula is C7H4ClF2NO. The number of hydrogen-bond acceptors (Lipinski definition) is 2.